The Balaban J connectivity index is 1.86. The van der Waals surface area contributed by atoms with E-state index in [0.29, 0.717) is 0 Å². The van der Waals surface area contributed by atoms with Crippen molar-refractivity contribution in [1.29, 1.82) is 0 Å². The van der Waals surface area contributed by atoms with Gasteiger partial charge in [-0.3, -0.25) is 9.88 Å². The number of rotatable bonds is 8. The molecule has 0 amide bonds. The lowest BCUT2D eigenvalue weighted by Crippen LogP contribution is -2.23. The molecular formula is C22H23ClN2O2. The van der Waals surface area contributed by atoms with Crippen molar-refractivity contribution in [3.8, 4) is 11.5 Å². The molecule has 0 N–H and O–H groups in total. The van der Waals surface area contributed by atoms with Crippen molar-refractivity contribution < 1.29 is 9.47 Å². The average Bonchev–Trinajstić information content (AvgIpc) is 2.70. The molecule has 0 bridgehead atoms. The summed E-state index contributed by atoms with van der Waals surface area (Å²) in [6, 6.07) is 17.9. The minimum Gasteiger partial charge on any atom is -0.497 e. The van der Waals surface area contributed by atoms with Gasteiger partial charge in [-0.2, -0.15) is 0 Å². The van der Waals surface area contributed by atoms with Gasteiger partial charge in [-0.05, 0) is 35.4 Å². The summed E-state index contributed by atoms with van der Waals surface area (Å²) in [6.45, 7) is 2.24. The highest BCUT2D eigenvalue weighted by Gasteiger charge is 2.14. The molecule has 0 aliphatic heterocycles. The Morgan fingerprint density at radius 2 is 1.59 bits per heavy atom. The predicted octanol–water partition coefficient (Wildman–Crippen LogP) is 4.95. The van der Waals surface area contributed by atoms with Crippen molar-refractivity contribution in [2.75, 3.05) is 14.2 Å². The molecule has 0 saturated carbocycles. The van der Waals surface area contributed by atoms with E-state index in [9.17, 15) is 0 Å². The molecule has 0 aliphatic carbocycles. The van der Waals surface area contributed by atoms with Crippen LogP contribution in [0.25, 0.3) is 0 Å². The van der Waals surface area contributed by atoms with E-state index < -0.39 is 0 Å². The third-order valence-corrected chi connectivity index (χ3v) is 4.76. The van der Waals surface area contributed by atoms with Crippen LogP contribution in [-0.2, 0) is 19.6 Å². The number of nitrogens with zero attached hydrogens (tertiary/aromatic N) is 2. The zero-order valence-electron chi connectivity index (χ0n) is 15.6. The number of hydrogen-bond acceptors (Lipinski definition) is 4. The maximum atomic E-state index is 6.39. The summed E-state index contributed by atoms with van der Waals surface area (Å²) in [7, 11) is 3.33. The smallest absolute Gasteiger partial charge is 0.127 e. The van der Waals surface area contributed by atoms with Crippen LogP contribution in [-0.4, -0.2) is 24.1 Å². The first kappa shape index (κ1) is 19.2. The van der Waals surface area contributed by atoms with Gasteiger partial charge in [-0.25, -0.2) is 0 Å². The van der Waals surface area contributed by atoms with Gasteiger partial charge < -0.3 is 9.47 Å². The molecule has 0 radical (unpaired) electrons. The van der Waals surface area contributed by atoms with Crippen molar-refractivity contribution >= 4 is 11.6 Å². The van der Waals surface area contributed by atoms with Gasteiger partial charge >= 0.3 is 0 Å². The number of halogens is 1. The molecule has 2 aromatic carbocycles. The maximum Gasteiger partial charge on any atom is 0.127 e. The lowest BCUT2D eigenvalue weighted by Gasteiger charge is -2.24. The molecule has 0 atom stereocenters. The Hall–Kier alpha value is -2.56. The highest BCUT2D eigenvalue weighted by Crippen LogP contribution is 2.27. The predicted molar refractivity (Wildman–Crippen MR) is 108 cm³/mol. The van der Waals surface area contributed by atoms with Gasteiger partial charge in [0.05, 0.1) is 14.2 Å². The van der Waals surface area contributed by atoms with Crippen LogP contribution in [0.2, 0.25) is 5.02 Å². The van der Waals surface area contributed by atoms with E-state index in [-0.39, 0.29) is 0 Å². The average molecular weight is 383 g/mol. The molecule has 5 heteroatoms. The first-order chi connectivity index (χ1) is 13.2. The van der Waals surface area contributed by atoms with E-state index in [4.69, 9.17) is 21.1 Å². The Morgan fingerprint density at radius 1 is 0.852 bits per heavy atom. The van der Waals surface area contributed by atoms with Gasteiger partial charge in [0, 0.05) is 48.7 Å². The molecule has 0 aliphatic rings. The Labute approximate surface area is 165 Å². The number of ether oxygens (including phenoxy) is 2. The van der Waals surface area contributed by atoms with Crippen LogP contribution in [0.1, 0.15) is 16.7 Å². The third kappa shape index (κ3) is 5.22. The van der Waals surface area contributed by atoms with Crippen LogP contribution in [0.5, 0.6) is 11.5 Å². The summed E-state index contributed by atoms with van der Waals surface area (Å²) in [6.07, 6.45) is 3.63. The van der Waals surface area contributed by atoms with E-state index in [0.717, 1.165) is 47.3 Å². The van der Waals surface area contributed by atoms with Crippen LogP contribution in [0.15, 0.2) is 67.0 Å². The van der Waals surface area contributed by atoms with Gasteiger partial charge in [0.25, 0.3) is 0 Å². The second-order valence-electron chi connectivity index (χ2n) is 6.27. The standard InChI is InChI=1S/C22H23ClN2O2/c1-26-20-8-7-19(22(13-20)27-2)16-25(14-17-9-11-24-12-10-17)15-18-5-3-4-6-21(18)23/h3-13H,14-16H2,1-2H3. The van der Waals surface area contributed by atoms with Crippen LogP contribution in [0, 0.1) is 0 Å². The third-order valence-electron chi connectivity index (χ3n) is 4.40. The van der Waals surface area contributed by atoms with E-state index in [2.05, 4.69) is 16.0 Å². The van der Waals surface area contributed by atoms with Crippen molar-refractivity contribution in [2.24, 2.45) is 0 Å². The van der Waals surface area contributed by atoms with Crippen LogP contribution in [0.4, 0.5) is 0 Å². The molecule has 3 rings (SSSR count). The van der Waals surface area contributed by atoms with Gasteiger partial charge in [-0.15, -0.1) is 0 Å². The number of benzene rings is 2. The number of aromatic nitrogens is 1. The van der Waals surface area contributed by atoms with Crippen molar-refractivity contribution in [3.63, 3.8) is 0 Å². The molecule has 4 nitrogen and oxygen atoms in total. The van der Waals surface area contributed by atoms with Gasteiger partial charge in [-0.1, -0.05) is 35.9 Å². The number of hydrogen-bond donors (Lipinski definition) is 0. The molecule has 0 unspecified atom stereocenters. The van der Waals surface area contributed by atoms with Crippen LogP contribution in [0.3, 0.4) is 0 Å². The fraction of sp³-hybridized carbons (Fsp3) is 0.227. The van der Waals surface area contributed by atoms with E-state index in [1.54, 1.807) is 14.2 Å². The quantitative estimate of drug-likeness (QED) is 0.551. The normalized spacial score (nSPS) is 10.8. The second kappa shape index (κ2) is 9.40. The zero-order valence-corrected chi connectivity index (χ0v) is 16.3. The zero-order chi connectivity index (χ0) is 19.1. The maximum absolute atomic E-state index is 6.39. The minimum atomic E-state index is 0.723. The fourth-order valence-electron chi connectivity index (χ4n) is 3.01. The second-order valence-corrected chi connectivity index (χ2v) is 6.68. The topological polar surface area (TPSA) is 34.6 Å². The summed E-state index contributed by atoms with van der Waals surface area (Å²) < 4.78 is 10.9. The summed E-state index contributed by atoms with van der Waals surface area (Å²) in [5, 5.41) is 0.777. The SMILES string of the molecule is COc1ccc(CN(Cc2ccncc2)Cc2ccccc2Cl)c(OC)c1. The lowest BCUT2D eigenvalue weighted by atomic mass is 10.1. The molecule has 27 heavy (non-hydrogen) atoms. The minimum absolute atomic E-state index is 0.723. The van der Waals surface area contributed by atoms with Gasteiger partial charge in [0.15, 0.2) is 0 Å². The first-order valence-corrected chi connectivity index (χ1v) is 9.13. The molecule has 0 spiro atoms. The number of methoxy groups -OCH3 is 2. The summed E-state index contributed by atoms with van der Waals surface area (Å²) in [4.78, 5) is 6.44. The Bertz CT molecular complexity index is 871. The first-order valence-electron chi connectivity index (χ1n) is 8.75. The molecule has 3 aromatic rings. The Kier molecular flexibility index (Phi) is 6.69. The van der Waals surface area contributed by atoms with E-state index in [1.807, 2.05) is 60.9 Å². The van der Waals surface area contributed by atoms with Gasteiger partial charge in [0.1, 0.15) is 11.5 Å². The molecular weight excluding hydrogens is 360 g/mol. The fourth-order valence-corrected chi connectivity index (χ4v) is 3.20. The highest BCUT2D eigenvalue weighted by molar-refractivity contribution is 6.31. The molecule has 140 valence electrons. The number of pyridine rings is 1. The molecule has 1 aromatic heterocycles. The van der Waals surface area contributed by atoms with Crippen LogP contribution >= 0.6 is 11.6 Å². The summed E-state index contributed by atoms with van der Waals surface area (Å²) >= 11 is 6.39. The summed E-state index contributed by atoms with van der Waals surface area (Å²) in [5.74, 6) is 1.59. The van der Waals surface area contributed by atoms with Crippen LogP contribution < -0.4 is 9.47 Å². The van der Waals surface area contributed by atoms with Gasteiger partial charge in [0.2, 0.25) is 0 Å². The van der Waals surface area contributed by atoms with E-state index in [1.165, 1.54) is 5.56 Å². The van der Waals surface area contributed by atoms with E-state index >= 15 is 0 Å². The van der Waals surface area contributed by atoms with Crippen molar-refractivity contribution in [1.82, 2.24) is 9.88 Å². The largest absolute Gasteiger partial charge is 0.497 e. The Morgan fingerprint density at radius 3 is 2.30 bits per heavy atom. The van der Waals surface area contributed by atoms with Crippen molar-refractivity contribution in [2.45, 2.75) is 19.6 Å². The van der Waals surface area contributed by atoms with Crippen molar-refractivity contribution in [3.05, 3.63) is 88.7 Å². The monoisotopic (exact) mass is 382 g/mol. The highest BCUT2D eigenvalue weighted by atomic mass is 35.5. The summed E-state index contributed by atoms with van der Waals surface area (Å²) in [5.41, 5.74) is 3.39. The molecule has 1 heterocycles. The lowest BCUT2D eigenvalue weighted by molar-refractivity contribution is 0.243. The molecule has 0 fully saturated rings. The molecule has 0 saturated heterocycles.